The molecule has 0 aliphatic heterocycles. The van der Waals surface area contributed by atoms with Crippen molar-refractivity contribution in [3.63, 3.8) is 0 Å². The lowest BCUT2D eigenvalue weighted by Gasteiger charge is -2.24. The van der Waals surface area contributed by atoms with Crippen molar-refractivity contribution in [2.24, 2.45) is 0 Å². The number of rotatable bonds is 4. The number of hydrogen-bond donors (Lipinski definition) is 0. The van der Waals surface area contributed by atoms with Gasteiger partial charge in [0.25, 0.3) is 5.56 Å². The number of benzene rings is 1. The van der Waals surface area contributed by atoms with Crippen molar-refractivity contribution in [2.45, 2.75) is 26.4 Å². The Labute approximate surface area is 143 Å². The molecule has 0 N–H and O–H groups in total. The number of halogens is 1. The Balaban J connectivity index is 1.84. The lowest BCUT2D eigenvalue weighted by molar-refractivity contribution is 0.250. The predicted molar refractivity (Wildman–Crippen MR) is 93.2 cm³/mol. The normalized spacial score (nSPS) is 12.9. The van der Waals surface area contributed by atoms with Gasteiger partial charge in [-0.15, -0.1) is 0 Å². The average molecular weight is 349 g/mol. The van der Waals surface area contributed by atoms with Gasteiger partial charge in [-0.1, -0.05) is 35.1 Å². The second-order valence-electron chi connectivity index (χ2n) is 5.55. The highest BCUT2D eigenvalue weighted by atomic mass is 35.5. The fraction of sp³-hybridized carbons (Fsp3) is 0.312. The standard InChI is InChI=1S/C16H17ClN4OS/c1-10(12-5-4-6-13(17)7-12)20(3)9-14-8-15(22)21-16(18-14)23-11(2)19-21/h4-8,10H,9H2,1-3H3/t10-/m1/s1. The van der Waals surface area contributed by atoms with Gasteiger partial charge >= 0.3 is 0 Å². The van der Waals surface area contributed by atoms with Gasteiger partial charge in [0, 0.05) is 23.7 Å². The first-order valence-electron chi connectivity index (χ1n) is 7.26. The van der Waals surface area contributed by atoms with Crippen LogP contribution in [-0.2, 0) is 6.54 Å². The topological polar surface area (TPSA) is 50.5 Å². The third-order valence-electron chi connectivity index (χ3n) is 3.80. The van der Waals surface area contributed by atoms with Crippen molar-refractivity contribution in [3.05, 3.63) is 62.0 Å². The van der Waals surface area contributed by atoms with E-state index in [0.29, 0.717) is 11.5 Å². The van der Waals surface area contributed by atoms with Gasteiger partial charge in [0.15, 0.2) is 0 Å². The molecule has 0 saturated heterocycles. The monoisotopic (exact) mass is 348 g/mol. The number of hydrogen-bond acceptors (Lipinski definition) is 5. The number of aromatic nitrogens is 3. The molecule has 0 bridgehead atoms. The molecule has 0 radical (unpaired) electrons. The molecule has 3 rings (SSSR count). The van der Waals surface area contributed by atoms with Crippen LogP contribution in [-0.4, -0.2) is 26.5 Å². The summed E-state index contributed by atoms with van der Waals surface area (Å²) in [6.45, 7) is 4.55. The van der Waals surface area contributed by atoms with Crippen LogP contribution in [0.4, 0.5) is 0 Å². The minimum absolute atomic E-state index is 0.141. The van der Waals surface area contributed by atoms with Crippen LogP contribution < -0.4 is 5.56 Å². The molecule has 0 aliphatic rings. The van der Waals surface area contributed by atoms with Gasteiger partial charge in [-0.05, 0) is 38.6 Å². The van der Waals surface area contributed by atoms with Gasteiger partial charge in [0.05, 0.1) is 5.69 Å². The molecule has 120 valence electrons. The zero-order valence-electron chi connectivity index (χ0n) is 13.2. The highest BCUT2D eigenvalue weighted by Crippen LogP contribution is 2.23. The smallest absolute Gasteiger partial charge is 0.275 e. The number of aryl methyl sites for hydroxylation is 1. The van der Waals surface area contributed by atoms with E-state index in [1.165, 1.54) is 15.9 Å². The number of nitrogens with zero attached hydrogens (tertiary/aromatic N) is 4. The maximum atomic E-state index is 12.1. The largest absolute Gasteiger partial charge is 0.294 e. The van der Waals surface area contributed by atoms with Crippen molar-refractivity contribution in [1.29, 1.82) is 0 Å². The van der Waals surface area contributed by atoms with Crippen molar-refractivity contribution < 1.29 is 0 Å². The molecule has 2 aromatic heterocycles. The van der Waals surface area contributed by atoms with Crippen LogP contribution in [0.5, 0.6) is 0 Å². The molecule has 0 fully saturated rings. The quantitative estimate of drug-likeness (QED) is 0.725. The summed E-state index contributed by atoms with van der Waals surface area (Å²) in [7, 11) is 2.01. The van der Waals surface area contributed by atoms with Gasteiger partial charge in [0.1, 0.15) is 5.01 Å². The Bertz CT molecular complexity index is 904. The minimum Gasteiger partial charge on any atom is -0.294 e. The van der Waals surface area contributed by atoms with Crippen molar-refractivity contribution >= 4 is 27.9 Å². The van der Waals surface area contributed by atoms with E-state index in [1.807, 2.05) is 38.2 Å². The van der Waals surface area contributed by atoms with Crippen LogP contribution in [0.1, 0.15) is 29.2 Å². The van der Waals surface area contributed by atoms with Gasteiger partial charge < -0.3 is 0 Å². The van der Waals surface area contributed by atoms with Gasteiger partial charge in [-0.2, -0.15) is 9.61 Å². The van der Waals surface area contributed by atoms with E-state index in [9.17, 15) is 4.79 Å². The molecular formula is C16H17ClN4OS. The zero-order chi connectivity index (χ0) is 16.6. The molecule has 0 saturated carbocycles. The number of fused-ring (bicyclic) bond motifs is 1. The maximum Gasteiger partial charge on any atom is 0.275 e. The average Bonchev–Trinajstić information content (AvgIpc) is 2.87. The first-order valence-corrected chi connectivity index (χ1v) is 8.45. The summed E-state index contributed by atoms with van der Waals surface area (Å²) in [5.74, 6) is 0. The molecule has 1 atom stereocenters. The van der Waals surface area contributed by atoms with Crippen LogP contribution in [0.2, 0.25) is 5.02 Å². The maximum absolute atomic E-state index is 12.1. The first kappa shape index (κ1) is 16.1. The summed E-state index contributed by atoms with van der Waals surface area (Å²) in [5.41, 5.74) is 1.74. The van der Waals surface area contributed by atoms with E-state index >= 15 is 0 Å². The van der Waals surface area contributed by atoms with Crippen LogP contribution >= 0.6 is 22.9 Å². The third kappa shape index (κ3) is 3.44. The third-order valence-corrected chi connectivity index (χ3v) is 4.86. The lowest BCUT2D eigenvalue weighted by Crippen LogP contribution is -2.24. The highest BCUT2D eigenvalue weighted by molar-refractivity contribution is 7.16. The molecule has 23 heavy (non-hydrogen) atoms. The lowest BCUT2D eigenvalue weighted by atomic mass is 10.1. The van der Waals surface area contributed by atoms with Gasteiger partial charge in [0.2, 0.25) is 4.96 Å². The molecule has 0 aliphatic carbocycles. The SMILES string of the molecule is Cc1nn2c(=O)cc(CN(C)[C@H](C)c3cccc(Cl)c3)nc2s1. The molecular weight excluding hydrogens is 332 g/mol. The van der Waals surface area contributed by atoms with Crippen LogP contribution in [0.3, 0.4) is 0 Å². The predicted octanol–water partition coefficient (Wildman–Crippen LogP) is 3.31. The molecule has 1 aromatic carbocycles. The summed E-state index contributed by atoms with van der Waals surface area (Å²) in [6.07, 6.45) is 0. The molecule has 5 nitrogen and oxygen atoms in total. The van der Waals surface area contributed by atoms with Crippen molar-refractivity contribution in [3.8, 4) is 0 Å². The Morgan fingerprint density at radius 2 is 2.17 bits per heavy atom. The van der Waals surface area contributed by atoms with Crippen LogP contribution in [0, 0.1) is 6.92 Å². The Morgan fingerprint density at radius 1 is 1.39 bits per heavy atom. The molecule has 3 aromatic rings. The van der Waals surface area contributed by atoms with E-state index in [0.717, 1.165) is 21.3 Å². The Morgan fingerprint density at radius 3 is 2.91 bits per heavy atom. The van der Waals surface area contributed by atoms with Crippen LogP contribution in [0.25, 0.3) is 4.96 Å². The molecule has 2 heterocycles. The zero-order valence-corrected chi connectivity index (χ0v) is 14.7. The molecule has 0 amide bonds. The van der Waals surface area contributed by atoms with E-state index in [-0.39, 0.29) is 11.6 Å². The van der Waals surface area contributed by atoms with E-state index in [2.05, 4.69) is 21.9 Å². The summed E-state index contributed by atoms with van der Waals surface area (Å²) in [5, 5.41) is 5.71. The van der Waals surface area contributed by atoms with Gasteiger partial charge in [-0.3, -0.25) is 9.69 Å². The second-order valence-corrected chi connectivity index (χ2v) is 7.14. The minimum atomic E-state index is -0.141. The Kier molecular flexibility index (Phi) is 4.48. The van der Waals surface area contributed by atoms with Gasteiger partial charge in [-0.25, -0.2) is 4.98 Å². The first-order chi connectivity index (χ1) is 10.9. The fourth-order valence-corrected chi connectivity index (χ4v) is 3.41. The van der Waals surface area contributed by atoms with Crippen molar-refractivity contribution in [2.75, 3.05) is 7.05 Å². The second kappa shape index (κ2) is 6.39. The summed E-state index contributed by atoms with van der Waals surface area (Å²) in [6, 6.07) is 9.52. The van der Waals surface area contributed by atoms with E-state index < -0.39 is 0 Å². The van der Waals surface area contributed by atoms with E-state index in [4.69, 9.17) is 11.6 Å². The summed E-state index contributed by atoms with van der Waals surface area (Å²) < 4.78 is 1.35. The molecule has 0 unspecified atom stereocenters. The fourth-order valence-electron chi connectivity index (χ4n) is 2.45. The summed E-state index contributed by atoms with van der Waals surface area (Å²) >= 11 is 7.48. The van der Waals surface area contributed by atoms with Crippen molar-refractivity contribution in [1.82, 2.24) is 19.5 Å². The Hall–Kier alpha value is -1.76. The van der Waals surface area contributed by atoms with E-state index in [1.54, 1.807) is 6.07 Å². The highest BCUT2D eigenvalue weighted by Gasteiger charge is 2.14. The molecule has 7 heteroatoms. The molecule has 0 spiro atoms. The summed E-state index contributed by atoms with van der Waals surface area (Å²) in [4.78, 5) is 19.4. The van der Waals surface area contributed by atoms with Crippen LogP contribution in [0.15, 0.2) is 35.1 Å².